The summed E-state index contributed by atoms with van der Waals surface area (Å²) in [6.45, 7) is 10.6. The van der Waals surface area contributed by atoms with Gasteiger partial charge in [-0.2, -0.15) is 0 Å². The van der Waals surface area contributed by atoms with Gasteiger partial charge in [-0.25, -0.2) is 9.59 Å². The second kappa shape index (κ2) is 15.5. The van der Waals surface area contributed by atoms with Crippen molar-refractivity contribution in [2.75, 3.05) is 70.8 Å². The van der Waals surface area contributed by atoms with Crippen LogP contribution in [0, 0.1) is 0 Å². The van der Waals surface area contributed by atoms with Gasteiger partial charge in [0.2, 0.25) is 0 Å². The van der Waals surface area contributed by atoms with Crippen molar-refractivity contribution in [1.82, 2.24) is 24.5 Å². The van der Waals surface area contributed by atoms with E-state index in [-0.39, 0.29) is 12.1 Å². The van der Waals surface area contributed by atoms with E-state index < -0.39 is 6.09 Å². The minimum absolute atomic E-state index is 0.0807. The number of anilines is 1. The molecule has 4 aliphatic heterocycles. The molecule has 9 nitrogen and oxygen atoms in total. The number of rotatable bonds is 13. The van der Waals surface area contributed by atoms with E-state index in [4.69, 9.17) is 4.74 Å². The predicted octanol–water partition coefficient (Wildman–Crippen LogP) is 5.84. The van der Waals surface area contributed by atoms with E-state index in [9.17, 15) is 9.59 Å². The number of piperidine rings is 1. The van der Waals surface area contributed by atoms with Crippen LogP contribution < -0.4 is 5.32 Å². The minimum Gasteiger partial charge on any atom is -0.446 e. The van der Waals surface area contributed by atoms with Crippen molar-refractivity contribution in [2.24, 2.45) is 0 Å². The Hall–Kier alpha value is -3.92. The van der Waals surface area contributed by atoms with Gasteiger partial charge in [0.1, 0.15) is 6.10 Å². The smallest absolute Gasteiger partial charge is 0.411 e. The summed E-state index contributed by atoms with van der Waals surface area (Å²) in [4.78, 5) is 37.7. The number of ether oxygens (including phenoxy) is 1. The predicted molar refractivity (Wildman–Crippen MR) is 190 cm³/mol. The summed E-state index contributed by atoms with van der Waals surface area (Å²) in [5, 5.41) is 2.96. The Morgan fingerprint density at radius 3 is 2.04 bits per heavy atom. The zero-order chi connectivity index (χ0) is 32.7. The van der Waals surface area contributed by atoms with Gasteiger partial charge >= 0.3 is 12.1 Å². The molecule has 48 heavy (non-hydrogen) atoms. The summed E-state index contributed by atoms with van der Waals surface area (Å²) in [6, 6.07) is 30.2. The first-order chi connectivity index (χ1) is 23.6. The number of carbonyl (C=O) groups excluding carboxylic acids is 2. The molecule has 0 aliphatic carbocycles. The summed E-state index contributed by atoms with van der Waals surface area (Å²) < 4.78 is 5.81. The van der Waals surface area contributed by atoms with Crippen LogP contribution in [0.3, 0.4) is 0 Å². The number of carbonyl (C=O) groups is 2. The number of hydrogen-bond acceptors (Lipinski definition) is 6. The van der Waals surface area contributed by atoms with Crippen molar-refractivity contribution in [3.05, 3.63) is 90.5 Å². The SMILES string of the molecule is O=C(Nc1ccccc1-c1ccccc1)OC1CCN(CCCN2CCN(CCCN3C[C@H]4C[C@H]3CN4Cc3ccccc3)C2=O)CC1. The fourth-order valence-corrected chi connectivity index (χ4v) is 8.12. The van der Waals surface area contributed by atoms with E-state index in [1.54, 1.807) is 0 Å². The first-order valence-corrected chi connectivity index (χ1v) is 18.0. The monoisotopic (exact) mass is 650 g/mol. The number of likely N-dealkylation sites (tertiary alicyclic amines) is 3. The van der Waals surface area contributed by atoms with Gasteiger partial charge in [-0.3, -0.25) is 15.1 Å². The van der Waals surface area contributed by atoms with Crippen LogP contribution in [0.1, 0.15) is 37.7 Å². The Morgan fingerprint density at radius 2 is 1.33 bits per heavy atom. The number of urea groups is 1. The number of piperazine rings is 1. The lowest BCUT2D eigenvalue weighted by Crippen LogP contribution is -2.46. The van der Waals surface area contributed by atoms with Gasteiger partial charge < -0.3 is 19.4 Å². The Bertz CT molecular complexity index is 1500. The molecule has 0 saturated carbocycles. The van der Waals surface area contributed by atoms with Gasteiger partial charge in [0.25, 0.3) is 0 Å². The van der Waals surface area contributed by atoms with Crippen LogP contribution >= 0.6 is 0 Å². The molecule has 4 fully saturated rings. The molecule has 2 atom stereocenters. The highest BCUT2D eigenvalue weighted by molar-refractivity contribution is 5.91. The van der Waals surface area contributed by atoms with Crippen LogP contribution in [0.4, 0.5) is 15.3 Å². The molecule has 9 heteroatoms. The maximum absolute atomic E-state index is 13.1. The van der Waals surface area contributed by atoms with E-state index in [1.165, 1.54) is 18.5 Å². The number of amides is 3. The molecule has 0 spiro atoms. The summed E-state index contributed by atoms with van der Waals surface area (Å²) in [5.41, 5.74) is 4.20. The molecule has 254 valence electrons. The molecule has 0 aromatic heterocycles. The second-order valence-electron chi connectivity index (χ2n) is 13.9. The van der Waals surface area contributed by atoms with Crippen LogP contribution in [0.2, 0.25) is 0 Å². The first kappa shape index (κ1) is 32.6. The van der Waals surface area contributed by atoms with Crippen LogP contribution in [-0.2, 0) is 11.3 Å². The Morgan fingerprint density at radius 1 is 0.708 bits per heavy atom. The van der Waals surface area contributed by atoms with Crippen molar-refractivity contribution in [2.45, 2.75) is 56.8 Å². The molecule has 4 heterocycles. The summed E-state index contributed by atoms with van der Waals surface area (Å²) in [5.74, 6) is 0. The first-order valence-electron chi connectivity index (χ1n) is 18.0. The molecular weight excluding hydrogens is 600 g/mol. The molecule has 4 saturated heterocycles. The van der Waals surface area contributed by atoms with Crippen molar-refractivity contribution < 1.29 is 14.3 Å². The molecule has 0 unspecified atom stereocenters. The Kier molecular flexibility index (Phi) is 10.6. The highest BCUT2D eigenvalue weighted by atomic mass is 16.6. The fraction of sp³-hybridized carbons (Fsp3) is 0.487. The van der Waals surface area contributed by atoms with Gasteiger partial charge in [0.15, 0.2) is 0 Å². The molecule has 4 aliphatic rings. The highest BCUT2D eigenvalue weighted by Gasteiger charge is 2.42. The van der Waals surface area contributed by atoms with Gasteiger partial charge in [-0.1, -0.05) is 78.9 Å². The summed E-state index contributed by atoms with van der Waals surface area (Å²) >= 11 is 0. The van der Waals surface area contributed by atoms with Gasteiger partial charge in [0, 0.05) is 83.1 Å². The minimum atomic E-state index is -0.396. The molecule has 0 radical (unpaired) electrons. The van der Waals surface area contributed by atoms with E-state index in [0.717, 1.165) is 108 Å². The largest absolute Gasteiger partial charge is 0.446 e. The Labute approximate surface area is 285 Å². The average molecular weight is 651 g/mol. The van der Waals surface area contributed by atoms with Crippen molar-refractivity contribution in [1.29, 1.82) is 0 Å². The second-order valence-corrected chi connectivity index (χ2v) is 13.9. The average Bonchev–Trinajstić information content (AvgIpc) is 3.81. The van der Waals surface area contributed by atoms with Crippen LogP contribution in [0.25, 0.3) is 11.1 Å². The lowest BCUT2D eigenvalue weighted by molar-refractivity contribution is 0.0581. The van der Waals surface area contributed by atoms with Crippen LogP contribution in [-0.4, -0.2) is 120 Å². The molecule has 7 rings (SSSR count). The van der Waals surface area contributed by atoms with Crippen molar-refractivity contribution in [3.8, 4) is 11.1 Å². The third-order valence-electron chi connectivity index (χ3n) is 10.7. The summed E-state index contributed by atoms with van der Waals surface area (Å²) in [6.07, 6.45) is 4.48. The third-order valence-corrected chi connectivity index (χ3v) is 10.7. The van der Waals surface area contributed by atoms with Crippen LogP contribution in [0.15, 0.2) is 84.9 Å². The standard InChI is InChI=1S/C39H50N6O3/c46-38(40-37-16-8-7-15-36(37)32-13-5-2-6-14-32)48-35-17-23-41(24-18-35)19-9-20-42-25-26-43(39(42)47)21-10-22-44-29-34-27-33(44)30-45(34)28-31-11-3-1-4-12-31/h1-8,11-16,33-35H,9-10,17-30H2,(H,40,46)/t33-,34+/m0/s1. The molecule has 3 amide bonds. The number of benzene rings is 3. The van der Waals surface area contributed by atoms with Gasteiger partial charge in [-0.05, 0) is 55.8 Å². The van der Waals surface area contributed by atoms with Crippen molar-refractivity contribution in [3.63, 3.8) is 0 Å². The lowest BCUT2D eigenvalue weighted by atomic mass is 10.0. The lowest BCUT2D eigenvalue weighted by Gasteiger charge is -2.34. The molecule has 3 aromatic rings. The fourth-order valence-electron chi connectivity index (χ4n) is 8.12. The maximum Gasteiger partial charge on any atom is 0.411 e. The number of para-hydroxylation sites is 1. The highest BCUT2D eigenvalue weighted by Crippen LogP contribution is 2.32. The third kappa shape index (κ3) is 8.02. The van der Waals surface area contributed by atoms with Gasteiger partial charge in [0.05, 0.1) is 5.69 Å². The van der Waals surface area contributed by atoms with E-state index in [1.807, 2.05) is 59.5 Å². The zero-order valence-corrected chi connectivity index (χ0v) is 28.1. The van der Waals surface area contributed by atoms with E-state index >= 15 is 0 Å². The maximum atomic E-state index is 13.1. The van der Waals surface area contributed by atoms with E-state index in [0.29, 0.717) is 12.1 Å². The number of nitrogens with zero attached hydrogens (tertiary/aromatic N) is 5. The molecule has 1 N–H and O–H groups in total. The molecular formula is C39H50N6O3. The quantitative estimate of drug-likeness (QED) is 0.251. The topological polar surface area (TPSA) is 71.6 Å². The van der Waals surface area contributed by atoms with Gasteiger partial charge in [-0.15, -0.1) is 0 Å². The van der Waals surface area contributed by atoms with Crippen LogP contribution in [0.5, 0.6) is 0 Å². The number of fused-ring (bicyclic) bond motifs is 2. The number of nitrogens with one attached hydrogen (secondary N) is 1. The Balaban J connectivity index is 0.756. The molecule has 3 aromatic carbocycles. The summed E-state index contributed by atoms with van der Waals surface area (Å²) in [7, 11) is 0. The van der Waals surface area contributed by atoms with Crippen molar-refractivity contribution >= 4 is 17.8 Å². The molecule has 2 bridgehead atoms. The number of hydrogen-bond donors (Lipinski definition) is 1. The normalized spacial score (nSPS) is 22.1. The zero-order valence-electron chi connectivity index (χ0n) is 28.1. The van der Waals surface area contributed by atoms with E-state index in [2.05, 4.69) is 55.2 Å².